The molecule has 17 heavy (non-hydrogen) atoms. The third kappa shape index (κ3) is 3.76. The van der Waals surface area contributed by atoms with Gasteiger partial charge in [0.2, 0.25) is 0 Å². The Hall–Kier alpha value is -0.450. The third-order valence-corrected chi connectivity index (χ3v) is 4.32. The van der Waals surface area contributed by atoms with Crippen molar-refractivity contribution >= 4 is 11.8 Å². The summed E-state index contributed by atoms with van der Waals surface area (Å²) in [6.07, 6.45) is 0. The second kappa shape index (κ2) is 6.47. The maximum Gasteiger partial charge on any atom is 0.118 e. The van der Waals surface area contributed by atoms with E-state index < -0.39 is 0 Å². The van der Waals surface area contributed by atoms with Crippen molar-refractivity contribution in [3.63, 3.8) is 0 Å². The van der Waals surface area contributed by atoms with Crippen molar-refractivity contribution in [1.82, 2.24) is 10.2 Å². The predicted molar refractivity (Wildman–Crippen MR) is 73.3 cm³/mol. The van der Waals surface area contributed by atoms with Crippen molar-refractivity contribution in [1.29, 1.82) is 0 Å². The number of hydrogen-bond acceptors (Lipinski definition) is 4. The Kier molecular flexibility index (Phi) is 4.95. The summed E-state index contributed by atoms with van der Waals surface area (Å²) in [6, 6.07) is 4.86. The topological polar surface area (TPSA) is 28.4 Å². The lowest BCUT2D eigenvalue weighted by Crippen LogP contribution is -2.39. The molecule has 1 N–H and O–H groups in total. The van der Waals surface area contributed by atoms with Gasteiger partial charge in [0, 0.05) is 24.1 Å². The van der Waals surface area contributed by atoms with Crippen LogP contribution >= 0.6 is 11.8 Å². The molecule has 0 aliphatic carbocycles. The predicted octanol–water partition coefficient (Wildman–Crippen LogP) is 2.33. The monoisotopic (exact) mass is 254 g/mol. The van der Waals surface area contributed by atoms with E-state index in [2.05, 4.69) is 48.0 Å². The Labute approximate surface area is 108 Å². The molecular weight excluding hydrogens is 232 g/mol. The van der Waals surface area contributed by atoms with Crippen LogP contribution in [0.25, 0.3) is 0 Å². The highest BCUT2D eigenvalue weighted by Crippen LogP contribution is 2.19. The minimum atomic E-state index is 0.663. The zero-order chi connectivity index (χ0) is 12.1. The highest BCUT2D eigenvalue weighted by atomic mass is 32.2. The van der Waals surface area contributed by atoms with Gasteiger partial charge in [-0.2, -0.15) is 11.8 Å². The Balaban J connectivity index is 1.87. The summed E-state index contributed by atoms with van der Waals surface area (Å²) >= 11 is 2.05. The highest BCUT2D eigenvalue weighted by molar-refractivity contribution is 7.99. The molecule has 1 aliphatic heterocycles. The molecule has 1 unspecified atom stereocenters. The normalized spacial score (nSPS) is 21.9. The lowest BCUT2D eigenvalue weighted by molar-refractivity contribution is 0.204. The van der Waals surface area contributed by atoms with Crippen molar-refractivity contribution in [3.05, 3.63) is 23.7 Å². The molecule has 1 atom stereocenters. The van der Waals surface area contributed by atoms with Crippen molar-refractivity contribution in [2.24, 2.45) is 0 Å². The lowest BCUT2D eigenvalue weighted by atomic mass is 10.3. The average molecular weight is 254 g/mol. The van der Waals surface area contributed by atoms with Crippen molar-refractivity contribution in [3.8, 4) is 0 Å². The molecule has 2 rings (SSSR count). The van der Waals surface area contributed by atoms with E-state index in [0.717, 1.165) is 31.2 Å². The summed E-state index contributed by atoms with van der Waals surface area (Å²) in [6.45, 7) is 8.35. The molecule has 1 aromatic rings. The van der Waals surface area contributed by atoms with Crippen LogP contribution in [0.15, 0.2) is 16.5 Å². The molecule has 96 valence electrons. The molecule has 0 spiro atoms. The smallest absolute Gasteiger partial charge is 0.118 e. The molecule has 1 aromatic heterocycles. The van der Waals surface area contributed by atoms with Crippen molar-refractivity contribution in [2.45, 2.75) is 33.0 Å². The summed E-state index contributed by atoms with van der Waals surface area (Å²) in [5.74, 6) is 4.62. The van der Waals surface area contributed by atoms with Crippen LogP contribution < -0.4 is 5.32 Å². The minimum Gasteiger partial charge on any atom is -0.463 e. The van der Waals surface area contributed by atoms with E-state index in [1.165, 1.54) is 18.1 Å². The summed E-state index contributed by atoms with van der Waals surface area (Å²) < 4.78 is 5.83. The van der Waals surface area contributed by atoms with Gasteiger partial charge in [-0.3, -0.25) is 4.90 Å². The number of thioether (sulfide) groups is 1. The van der Waals surface area contributed by atoms with E-state index >= 15 is 0 Å². The van der Waals surface area contributed by atoms with Gasteiger partial charge >= 0.3 is 0 Å². The molecule has 0 radical (unpaired) electrons. The van der Waals surface area contributed by atoms with Gasteiger partial charge in [0.05, 0.1) is 13.1 Å². The van der Waals surface area contributed by atoms with Gasteiger partial charge in [-0.15, -0.1) is 0 Å². The summed E-state index contributed by atoms with van der Waals surface area (Å²) in [5, 5.41) is 3.28. The number of nitrogens with zero attached hydrogens (tertiary/aromatic N) is 1. The Bertz CT molecular complexity index is 340. The maximum atomic E-state index is 5.83. The molecule has 1 saturated heterocycles. The van der Waals surface area contributed by atoms with Crippen molar-refractivity contribution in [2.75, 3.05) is 24.6 Å². The number of rotatable bonds is 5. The van der Waals surface area contributed by atoms with Gasteiger partial charge in [0.25, 0.3) is 0 Å². The van der Waals surface area contributed by atoms with Crippen LogP contribution in [-0.4, -0.2) is 35.5 Å². The molecule has 0 saturated carbocycles. The lowest BCUT2D eigenvalue weighted by Gasteiger charge is -2.32. The third-order valence-electron chi connectivity index (χ3n) is 3.13. The van der Waals surface area contributed by atoms with Gasteiger partial charge in [0.15, 0.2) is 0 Å². The van der Waals surface area contributed by atoms with E-state index in [-0.39, 0.29) is 0 Å². The van der Waals surface area contributed by atoms with Gasteiger partial charge in [-0.05, 0) is 25.6 Å². The maximum absolute atomic E-state index is 5.83. The quantitative estimate of drug-likeness (QED) is 0.873. The second-order valence-electron chi connectivity index (χ2n) is 4.54. The summed E-state index contributed by atoms with van der Waals surface area (Å²) in [7, 11) is 0. The van der Waals surface area contributed by atoms with Gasteiger partial charge in [-0.25, -0.2) is 0 Å². The van der Waals surface area contributed by atoms with Crippen LogP contribution in [0.3, 0.4) is 0 Å². The number of nitrogens with one attached hydrogen (secondary N) is 1. The van der Waals surface area contributed by atoms with Gasteiger partial charge < -0.3 is 9.73 Å². The van der Waals surface area contributed by atoms with Crippen LogP contribution in [-0.2, 0) is 13.1 Å². The van der Waals surface area contributed by atoms with Crippen LogP contribution in [0, 0.1) is 0 Å². The van der Waals surface area contributed by atoms with Crippen LogP contribution in [0.4, 0.5) is 0 Å². The first-order chi connectivity index (χ1) is 8.29. The van der Waals surface area contributed by atoms with Crippen LogP contribution in [0.2, 0.25) is 0 Å². The second-order valence-corrected chi connectivity index (χ2v) is 5.69. The fraction of sp³-hybridized carbons (Fsp3) is 0.692. The highest BCUT2D eigenvalue weighted by Gasteiger charge is 2.19. The zero-order valence-corrected chi connectivity index (χ0v) is 11.6. The van der Waals surface area contributed by atoms with E-state index in [0.29, 0.717) is 6.04 Å². The average Bonchev–Trinajstić information content (AvgIpc) is 2.77. The summed E-state index contributed by atoms with van der Waals surface area (Å²) in [4.78, 5) is 2.51. The first-order valence-electron chi connectivity index (χ1n) is 6.39. The van der Waals surface area contributed by atoms with Crippen molar-refractivity contribution < 1.29 is 4.42 Å². The Morgan fingerprint density at radius 2 is 2.29 bits per heavy atom. The summed E-state index contributed by atoms with van der Waals surface area (Å²) in [5.41, 5.74) is 0. The molecule has 3 nitrogen and oxygen atoms in total. The molecule has 0 aromatic carbocycles. The Morgan fingerprint density at radius 3 is 3.06 bits per heavy atom. The zero-order valence-electron chi connectivity index (χ0n) is 10.7. The number of furan rings is 1. The number of hydrogen-bond donors (Lipinski definition) is 1. The standard InChI is InChI=1S/C13H22N2OS/c1-3-14-8-12-4-5-13(16-12)9-15-6-7-17-10-11(15)2/h4-5,11,14H,3,6-10H2,1-2H3. The molecule has 4 heteroatoms. The largest absolute Gasteiger partial charge is 0.463 e. The van der Waals surface area contributed by atoms with E-state index in [1.54, 1.807) is 0 Å². The van der Waals surface area contributed by atoms with E-state index in [9.17, 15) is 0 Å². The first-order valence-corrected chi connectivity index (χ1v) is 7.55. The SMILES string of the molecule is CCNCc1ccc(CN2CCSCC2C)o1. The van der Waals surface area contributed by atoms with Crippen LogP contribution in [0.5, 0.6) is 0 Å². The fourth-order valence-corrected chi connectivity index (χ4v) is 3.13. The molecule has 1 aliphatic rings. The van der Waals surface area contributed by atoms with E-state index in [4.69, 9.17) is 4.42 Å². The van der Waals surface area contributed by atoms with Gasteiger partial charge in [-0.1, -0.05) is 6.92 Å². The fourth-order valence-electron chi connectivity index (χ4n) is 2.05. The Morgan fingerprint density at radius 1 is 1.47 bits per heavy atom. The van der Waals surface area contributed by atoms with E-state index in [1.807, 2.05) is 0 Å². The molecule has 1 fully saturated rings. The first kappa shape index (κ1) is 13.0. The molecule has 2 heterocycles. The minimum absolute atomic E-state index is 0.663. The molecule has 0 amide bonds. The van der Waals surface area contributed by atoms with Crippen LogP contribution in [0.1, 0.15) is 25.4 Å². The molecular formula is C13H22N2OS. The van der Waals surface area contributed by atoms with Gasteiger partial charge in [0.1, 0.15) is 11.5 Å². The molecule has 0 bridgehead atoms.